The largest absolute Gasteiger partial charge is 0.367 e. The first-order valence-corrected chi connectivity index (χ1v) is 4.27. The summed E-state index contributed by atoms with van der Waals surface area (Å²) in [5.41, 5.74) is 4.31. The average molecular weight is 217 g/mol. The lowest BCUT2D eigenvalue weighted by Gasteiger charge is -2.29. The van der Waals surface area contributed by atoms with Crippen LogP contribution in [-0.2, 0) is 4.74 Å². The Labute approximate surface area is 80.4 Å². The second-order valence-electron chi connectivity index (χ2n) is 3.36. The van der Waals surface area contributed by atoms with Gasteiger partial charge < -0.3 is 10.5 Å². The third kappa shape index (κ3) is 3.79. The van der Waals surface area contributed by atoms with E-state index in [9.17, 15) is 17.6 Å². The fourth-order valence-electron chi connectivity index (χ4n) is 0.639. The van der Waals surface area contributed by atoms with E-state index in [2.05, 4.69) is 0 Å². The van der Waals surface area contributed by atoms with E-state index in [1.165, 1.54) is 6.92 Å². The third-order valence-electron chi connectivity index (χ3n) is 2.11. The Balaban J connectivity index is 4.16. The lowest BCUT2D eigenvalue weighted by atomic mass is 10.0. The molecule has 1 atom stereocenters. The molecule has 0 spiro atoms. The molecule has 0 aromatic rings. The van der Waals surface area contributed by atoms with E-state index in [0.29, 0.717) is 6.42 Å². The van der Waals surface area contributed by atoms with E-state index in [1.54, 1.807) is 6.92 Å². The molecule has 86 valence electrons. The van der Waals surface area contributed by atoms with Crippen molar-refractivity contribution in [2.75, 3.05) is 13.2 Å². The lowest BCUT2D eigenvalue weighted by Crippen LogP contribution is -2.42. The summed E-state index contributed by atoms with van der Waals surface area (Å²) in [6.07, 6.45) is -3.32. The van der Waals surface area contributed by atoms with Crippen molar-refractivity contribution in [3.63, 3.8) is 0 Å². The van der Waals surface area contributed by atoms with Gasteiger partial charge in [0.25, 0.3) is 0 Å². The number of hydrogen-bond acceptors (Lipinski definition) is 2. The molecule has 2 N–H and O–H groups in total. The van der Waals surface area contributed by atoms with Crippen LogP contribution >= 0.6 is 0 Å². The highest BCUT2D eigenvalue weighted by Crippen LogP contribution is 2.25. The molecule has 0 saturated carbocycles. The Bertz CT molecular complexity index is 166. The second kappa shape index (κ2) is 4.93. The van der Waals surface area contributed by atoms with Crippen LogP contribution in [0.3, 0.4) is 0 Å². The molecule has 0 saturated heterocycles. The summed E-state index contributed by atoms with van der Waals surface area (Å²) >= 11 is 0. The molecule has 0 heterocycles. The number of alkyl halides is 4. The van der Waals surface area contributed by atoms with Crippen molar-refractivity contribution in [3.05, 3.63) is 0 Å². The SMILES string of the molecule is CCC(C)(CN)OCC(F)(F)C(F)F. The topological polar surface area (TPSA) is 35.2 Å². The van der Waals surface area contributed by atoms with Crippen molar-refractivity contribution < 1.29 is 22.3 Å². The first kappa shape index (κ1) is 13.6. The molecule has 14 heavy (non-hydrogen) atoms. The van der Waals surface area contributed by atoms with E-state index in [0.717, 1.165) is 0 Å². The van der Waals surface area contributed by atoms with E-state index < -0.39 is 24.6 Å². The Morgan fingerprint density at radius 1 is 1.36 bits per heavy atom. The van der Waals surface area contributed by atoms with Gasteiger partial charge in [-0.2, -0.15) is 8.78 Å². The van der Waals surface area contributed by atoms with Gasteiger partial charge in [-0.25, -0.2) is 8.78 Å². The molecule has 0 bridgehead atoms. The molecule has 6 heteroatoms. The van der Waals surface area contributed by atoms with Gasteiger partial charge in [-0.3, -0.25) is 0 Å². The molecule has 1 unspecified atom stereocenters. The predicted molar refractivity (Wildman–Crippen MR) is 44.7 cm³/mol. The number of rotatable bonds is 6. The summed E-state index contributed by atoms with van der Waals surface area (Å²) in [6.45, 7) is 1.91. The number of hydrogen-bond donors (Lipinski definition) is 1. The zero-order chi connectivity index (χ0) is 11.4. The molecular formula is C8H15F4NO. The van der Waals surface area contributed by atoms with Gasteiger partial charge in [0.1, 0.15) is 6.61 Å². The Morgan fingerprint density at radius 3 is 2.14 bits per heavy atom. The normalized spacial score (nSPS) is 17.1. The molecule has 0 amide bonds. The van der Waals surface area contributed by atoms with Gasteiger partial charge in [-0.1, -0.05) is 6.92 Å². The number of halogens is 4. The van der Waals surface area contributed by atoms with E-state index >= 15 is 0 Å². The summed E-state index contributed by atoms with van der Waals surface area (Å²) in [7, 11) is 0. The fourth-order valence-corrected chi connectivity index (χ4v) is 0.639. The van der Waals surface area contributed by atoms with Crippen LogP contribution in [0.15, 0.2) is 0 Å². The van der Waals surface area contributed by atoms with Crippen LogP contribution in [0, 0.1) is 0 Å². The van der Waals surface area contributed by atoms with Gasteiger partial charge in [0.05, 0.1) is 5.60 Å². The quantitative estimate of drug-likeness (QED) is 0.691. The van der Waals surface area contributed by atoms with Crippen LogP contribution in [0.5, 0.6) is 0 Å². The van der Waals surface area contributed by atoms with Crippen LogP contribution in [0.25, 0.3) is 0 Å². The maximum atomic E-state index is 12.4. The monoisotopic (exact) mass is 217 g/mol. The lowest BCUT2D eigenvalue weighted by molar-refractivity contribution is -0.191. The van der Waals surface area contributed by atoms with Gasteiger partial charge in [-0.15, -0.1) is 0 Å². The standard InChI is InChI=1S/C8H15F4NO/c1-3-7(2,4-13)14-5-8(11,12)6(9)10/h6H,3-5,13H2,1-2H3. The highest BCUT2D eigenvalue weighted by molar-refractivity contribution is 4.77. The smallest absolute Gasteiger partial charge is 0.330 e. The minimum Gasteiger partial charge on any atom is -0.367 e. The molecular weight excluding hydrogens is 202 g/mol. The number of ether oxygens (including phenoxy) is 1. The summed E-state index contributed by atoms with van der Waals surface area (Å²) in [5, 5.41) is 0. The maximum absolute atomic E-state index is 12.4. The molecule has 0 aromatic heterocycles. The van der Waals surface area contributed by atoms with Crippen molar-refractivity contribution in [1.82, 2.24) is 0 Å². The van der Waals surface area contributed by atoms with Crippen LogP contribution in [-0.4, -0.2) is 31.1 Å². The van der Waals surface area contributed by atoms with Gasteiger partial charge in [0.15, 0.2) is 0 Å². The first-order chi connectivity index (χ1) is 6.27. The Kier molecular flexibility index (Phi) is 4.80. The van der Waals surface area contributed by atoms with Gasteiger partial charge in [0.2, 0.25) is 0 Å². The summed E-state index contributed by atoms with van der Waals surface area (Å²) in [4.78, 5) is 0. The second-order valence-corrected chi connectivity index (χ2v) is 3.36. The molecule has 0 aliphatic heterocycles. The molecule has 0 radical (unpaired) electrons. The van der Waals surface area contributed by atoms with Crippen molar-refractivity contribution >= 4 is 0 Å². The Hall–Kier alpha value is -0.360. The predicted octanol–water partition coefficient (Wildman–Crippen LogP) is 2.03. The van der Waals surface area contributed by atoms with Crippen molar-refractivity contribution in [2.45, 2.75) is 38.2 Å². The van der Waals surface area contributed by atoms with Crippen molar-refractivity contribution in [3.8, 4) is 0 Å². The van der Waals surface area contributed by atoms with E-state index in [1.807, 2.05) is 0 Å². The van der Waals surface area contributed by atoms with Gasteiger partial charge in [-0.05, 0) is 13.3 Å². The van der Waals surface area contributed by atoms with Crippen LogP contribution in [0.1, 0.15) is 20.3 Å². The first-order valence-electron chi connectivity index (χ1n) is 4.27. The highest BCUT2D eigenvalue weighted by atomic mass is 19.3. The third-order valence-corrected chi connectivity index (χ3v) is 2.11. The zero-order valence-electron chi connectivity index (χ0n) is 8.20. The van der Waals surface area contributed by atoms with Crippen LogP contribution < -0.4 is 5.73 Å². The summed E-state index contributed by atoms with van der Waals surface area (Å²) < 4.78 is 53.0. The van der Waals surface area contributed by atoms with Crippen LogP contribution in [0.2, 0.25) is 0 Å². The molecule has 0 aliphatic rings. The molecule has 0 aliphatic carbocycles. The molecule has 0 rings (SSSR count). The Morgan fingerprint density at radius 2 is 1.86 bits per heavy atom. The fraction of sp³-hybridized carbons (Fsp3) is 1.00. The van der Waals surface area contributed by atoms with Crippen molar-refractivity contribution in [1.29, 1.82) is 0 Å². The summed E-state index contributed by atoms with van der Waals surface area (Å²) in [6, 6.07) is 0. The van der Waals surface area contributed by atoms with Gasteiger partial charge >= 0.3 is 12.3 Å². The average Bonchev–Trinajstić information content (AvgIpc) is 2.14. The van der Waals surface area contributed by atoms with Crippen LogP contribution in [0.4, 0.5) is 17.6 Å². The van der Waals surface area contributed by atoms with Crippen molar-refractivity contribution in [2.24, 2.45) is 5.73 Å². The summed E-state index contributed by atoms with van der Waals surface area (Å²) in [5.74, 6) is -4.11. The van der Waals surface area contributed by atoms with Gasteiger partial charge in [0, 0.05) is 6.54 Å². The minimum atomic E-state index is -4.11. The molecule has 2 nitrogen and oxygen atoms in total. The molecule has 0 aromatic carbocycles. The van der Waals surface area contributed by atoms with E-state index in [-0.39, 0.29) is 6.54 Å². The highest BCUT2D eigenvalue weighted by Gasteiger charge is 2.42. The molecule has 0 fully saturated rings. The minimum absolute atomic E-state index is 0.0167. The van der Waals surface area contributed by atoms with E-state index in [4.69, 9.17) is 10.5 Å². The maximum Gasteiger partial charge on any atom is 0.330 e. The zero-order valence-corrected chi connectivity index (χ0v) is 8.20. The number of nitrogens with two attached hydrogens (primary N) is 1.